The summed E-state index contributed by atoms with van der Waals surface area (Å²) in [6.45, 7) is 0.644. The van der Waals surface area contributed by atoms with Gasteiger partial charge in [0, 0.05) is 25.0 Å². The Bertz CT molecular complexity index is 466. The van der Waals surface area contributed by atoms with Crippen LogP contribution in [-0.4, -0.2) is 14.7 Å². The fourth-order valence-corrected chi connectivity index (χ4v) is 1.87. The highest BCUT2D eigenvalue weighted by molar-refractivity contribution is 9.10. The molecule has 84 valence electrons. The maximum absolute atomic E-state index is 9.18. The minimum Gasteiger partial charge on any atom is -0.508 e. The van der Waals surface area contributed by atoms with E-state index in [2.05, 4.69) is 20.9 Å². The number of phenolic OH excluding ortho intramolecular Hbond substituents is 1. The lowest BCUT2D eigenvalue weighted by Gasteiger charge is -2.13. The Morgan fingerprint density at radius 3 is 2.62 bits per heavy atom. The number of aromatic nitrogens is 2. The van der Waals surface area contributed by atoms with Crippen LogP contribution in [0.5, 0.6) is 5.75 Å². The summed E-state index contributed by atoms with van der Waals surface area (Å²) in [4.78, 5) is 4.06. The second-order valence-electron chi connectivity index (χ2n) is 3.55. The molecule has 0 aliphatic rings. The van der Waals surface area contributed by atoms with Crippen molar-refractivity contribution in [3.63, 3.8) is 0 Å². The number of benzene rings is 1. The number of imidazole rings is 1. The van der Waals surface area contributed by atoms with Gasteiger partial charge in [-0.25, -0.2) is 4.98 Å². The Balaban J connectivity index is 2.11. The van der Waals surface area contributed by atoms with Crippen LogP contribution in [0.1, 0.15) is 11.6 Å². The van der Waals surface area contributed by atoms with Gasteiger partial charge in [0.15, 0.2) is 4.73 Å². The molecule has 0 saturated heterocycles. The average molecular weight is 282 g/mol. The third kappa shape index (κ3) is 2.43. The fraction of sp³-hybridized carbons (Fsp3) is 0.182. The first-order chi connectivity index (χ1) is 7.66. The third-order valence-electron chi connectivity index (χ3n) is 2.38. The summed E-state index contributed by atoms with van der Waals surface area (Å²) in [5.74, 6) is 0.250. The Kier molecular flexibility index (Phi) is 3.26. The monoisotopic (exact) mass is 281 g/mol. The first-order valence-corrected chi connectivity index (χ1v) is 5.67. The molecule has 0 bridgehead atoms. The zero-order chi connectivity index (χ0) is 11.5. The van der Waals surface area contributed by atoms with E-state index in [9.17, 15) is 5.11 Å². The van der Waals surface area contributed by atoms with Gasteiger partial charge in [0.05, 0.1) is 0 Å². The molecule has 4 nitrogen and oxygen atoms in total. The van der Waals surface area contributed by atoms with Gasteiger partial charge in [-0.2, -0.15) is 0 Å². The maximum Gasteiger partial charge on any atom is 0.177 e. The van der Waals surface area contributed by atoms with Crippen molar-refractivity contribution in [2.45, 2.75) is 12.6 Å². The van der Waals surface area contributed by atoms with E-state index in [0.717, 1.165) is 10.3 Å². The van der Waals surface area contributed by atoms with Crippen LogP contribution in [-0.2, 0) is 6.54 Å². The fourth-order valence-electron chi connectivity index (χ4n) is 1.49. The van der Waals surface area contributed by atoms with Gasteiger partial charge in [0.2, 0.25) is 0 Å². The number of hydrogen-bond donors (Lipinski definition) is 2. The minimum absolute atomic E-state index is 0.119. The van der Waals surface area contributed by atoms with Gasteiger partial charge in [-0.3, -0.25) is 0 Å². The van der Waals surface area contributed by atoms with Crippen molar-refractivity contribution in [3.05, 3.63) is 47.0 Å². The van der Waals surface area contributed by atoms with Crippen molar-refractivity contribution in [3.8, 4) is 5.75 Å². The normalized spacial score (nSPS) is 12.6. The molecule has 1 aromatic carbocycles. The Labute approximate surface area is 102 Å². The highest BCUT2D eigenvalue weighted by Gasteiger charge is 2.08. The molecule has 3 N–H and O–H groups in total. The molecule has 1 aromatic heterocycles. The number of aromatic hydroxyl groups is 1. The molecule has 1 heterocycles. The smallest absolute Gasteiger partial charge is 0.177 e. The van der Waals surface area contributed by atoms with Crippen LogP contribution in [0.3, 0.4) is 0 Å². The Morgan fingerprint density at radius 2 is 2.06 bits per heavy atom. The van der Waals surface area contributed by atoms with E-state index in [0.29, 0.717) is 6.54 Å². The molecule has 16 heavy (non-hydrogen) atoms. The molecular formula is C11H12BrN3O. The average Bonchev–Trinajstić information content (AvgIpc) is 2.65. The van der Waals surface area contributed by atoms with Crippen LogP contribution in [0.25, 0.3) is 0 Å². The Hall–Kier alpha value is -1.33. The number of hydrogen-bond acceptors (Lipinski definition) is 3. The van der Waals surface area contributed by atoms with E-state index >= 15 is 0 Å². The SMILES string of the molecule is NC(Cn1ccnc1Br)c1ccc(O)cc1. The molecule has 0 fully saturated rings. The van der Waals surface area contributed by atoms with E-state index in [-0.39, 0.29) is 11.8 Å². The van der Waals surface area contributed by atoms with E-state index in [1.54, 1.807) is 18.3 Å². The lowest BCUT2D eigenvalue weighted by Crippen LogP contribution is -2.17. The third-order valence-corrected chi connectivity index (χ3v) is 3.04. The van der Waals surface area contributed by atoms with E-state index < -0.39 is 0 Å². The topological polar surface area (TPSA) is 64.1 Å². The van der Waals surface area contributed by atoms with Crippen LogP contribution in [0, 0.1) is 0 Å². The van der Waals surface area contributed by atoms with Gasteiger partial charge in [-0.1, -0.05) is 12.1 Å². The first-order valence-electron chi connectivity index (χ1n) is 4.88. The predicted molar refractivity (Wildman–Crippen MR) is 65.0 cm³/mol. The number of rotatable bonds is 3. The van der Waals surface area contributed by atoms with Crippen LogP contribution in [0.2, 0.25) is 0 Å². The summed E-state index contributed by atoms with van der Waals surface area (Å²) in [7, 11) is 0. The summed E-state index contributed by atoms with van der Waals surface area (Å²) in [6, 6.07) is 6.80. The largest absolute Gasteiger partial charge is 0.508 e. The number of nitrogens with two attached hydrogens (primary N) is 1. The second-order valence-corrected chi connectivity index (χ2v) is 4.26. The van der Waals surface area contributed by atoms with E-state index in [1.165, 1.54) is 0 Å². The zero-order valence-electron chi connectivity index (χ0n) is 8.55. The van der Waals surface area contributed by atoms with Crippen molar-refractivity contribution in [2.75, 3.05) is 0 Å². The molecule has 0 aliphatic carbocycles. The summed E-state index contributed by atoms with van der Waals surface area (Å²) < 4.78 is 2.69. The molecule has 0 radical (unpaired) electrons. The summed E-state index contributed by atoms with van der Waals surface area (Å²) >= 11 is 3.34. The van der Waals surface area contributed by atoms with Gasteiger partial charge < -0.3 is 15.4 Å². The van der Waals surface area contributed by atoms with Crippen molar-refractivity contribution in [2.24, 2.45) is 5.73 Å². The highest BCUT2D eigenvalue weighted by atomic mass is 79.9. The van der Waals surface area contributed by atoms with Gasteiger partial charge in [-0.15, -0.1) is 0 Å². The standard InChI is InChI=1S/C11H12BrN3O/c12-11-14-5-6-15(11)7-10(13)8-1-3-9(16)4-2-8/h1-6,10,16H,7,13H2. The summed E-state index contributed by atoms with van der Waals surface area (Å²) in [6.07, 6.45) is 3.58. The molecule has 2 aromatic rings. The predicted octanol–water partition coefficient (Wildman–Crippen LogP) is 2.05. The lowest BCUT2D eigenvalue weighted by atomic mass is 10.1. The molecule has 1 unspecified atom stereocenters. The molecule has 0 saturated carbocycles. The van der Waals surface area contributed by atoms with Crippen LogP contribution >= 0.6 is 15.9 Å². The molecular weight excluding hydrogens is 270 g/mol. The van der Waals surface area contributed by atoms with Crippen molar-refractivity contribution in [1.82, 2.24) is 9.55 Å². The van der Waals surface area contributed by atoms with Gasteiger partial charge in [-0.05, 0) is 33.6 Å². The quantitative estimate of drug-likeness (QED) is 0.905. The maximum atomic E-state index is 9.18. The van der Waals surface area contributed by atoms with Crippen LogP contribution in [0.4, 0.5) is 0 Å². The molecule has 2 rings (SSSR count). The van der Waals surface area contributed by atoms with E-state index in [4.69, 9.17) is 5.73 Å². The van der Waals surface area contributed by atoms with Crippen molar-refractivity contribution < 1.29 is 5.11 Å². The zero-order valence-corrected chi connectivity index (χ0v) is 10.1. The van der Waals surface area contributed by atoms with E-state index in [1.807, 2.05) is 22.9 Å². The minimum atomic E-state index is -0.119. The number of phenols is 1. The molecule has 1 atom stereocenters. The summed E-state index contributed by atoms with van der Waals surface area (Å²) in [5.41, 5.74) is 7.04. The van der Waals surface area contributed by atoms with Gasteiger partial charge >= 0.3 is 0 Å². The first kappa shape index (κ1) is 11.2. The van der Waals surface area contributed by atoms with Gasteiger partial charge in [0.1, 0.15) is 5.75 Å². The molecule has 0 aliphatic heterocycles. The number of halogens is 1. The molecule has 5 heteroatoms. The number of nitrogens with zero attached hydrogens (tertiary/aromatic N) is 2. The highest BCUT2D eigenvalue weighted by Crippen LogP contribution is 2.18. The van der Waals surface area contributed by atoms with Crippen molar-refractivity contribution >= 4 is 15.9 Å². The van der Waals surface area contributed by atoms with Crippen molar-refractivity contribution in [1.29, 1.82) is 0 Å². The van der Waals surface area contributed by atoms with Crippen LogP contribution < -0.4 is 5.73 Å². The lowest BCUT2D eigenvalue weighted by molar-refractivity contribution is 0.474. The summed E-state index contributed by atoms with van der Waals surface area (Å²) in [5, 5.41) is 9.18. The second kappa shape index (κ2) is 4.67. The molecule has 0 spiro atoms. The van der Waals surface area contributed by atoms with Crippen LogP contribution in [0.15, 0.2) is 41.4 Å². The molecule has 0 amide bonds. The van der Waals surface area contributed by atoms with Gasteiger partial charge in [0.25, 0.3) is 0 Å². The Morgan fingerprint density at radius 1 is 1.38 bits per heavy atom.